The van der Waals surface area contributed by atoms with E-state index in [0.29, 0.717) is 5.82 Å². The third-order valence-electron chi connectivity index (χ3n) is 2.84. The van der Waals surface area contributed by atoms with E-state index in [0.717, 1.165) is 10.9 Å². The van der Waals surface area contributed by atoms with E-state index in [1.54, 1.807) is 0 Å². The van der Waals surface area contributed by atoms with Crippen molar-refractivity contribution in [1.29, 1.82) is 0 Å². The number of primary amides is 1. The molecule has 0 spiro atoms. The van der Waals surface area contributed by atoms with E-state index in [4.69, 9.17) is 17.3 Å². The van der Waals surface area contributed by atoms with Crippen molar-refractivity contribution in [3.05, 3.63) is 29.5 Å². The first kappa shape index (κ1) is 13.5. The number of halogens is 1. The van der Waals surface area contributed by atoms with Crippen molar-refractivity contribution in [1.82, 2.24) is 9.97 Å². The molecule has 19 heavy (non-hydrogen) atoms. The second-order valence-corrected chi connectivity index (χ2v) is 4.96. The number of rotatable bonds is 4. The van der Waals surface area contributed by atoms with E-state index < -0.39 is 11.9 Å². The van der Waals surface area contributed by atoms with E-state index in [-0.39, 0.29) is 11.2 Å². The number of para-hydroxylation sites is 1. The van der Waals surface area contributed by atoms with Crippen LogP contribution >= 0.6 is 11.6 Å². The Labute approximate surface area is 116 Å². The SMILES string of the molecule is CC(C)C(Nc1nc(Cl)nc2ccccc12)C(N)=O. The van der Waals surface area contributed by atoms with Gasteiger partial charge >= 0.3 is 0 Å². The molecule has 0 saturated carbocycles. The molecule has 100 valence electrons. The van der Waals surface area contributed by atoms with Crippen LogP contribution in [0.5, 0.6) is 0 Å². The lowest BCUT2D eigenvalue weighted by Gasteiger charge is -2.20. The molecule has 1 heterocycles. The van der Waals surface area contributed by atoms with Crippen molar-refractivity contribution in [3.8, 4) is 0 Å². The zero-order valence-corrected chi connectivity index (χ0v) is 11.5. The first-order valence-electron chi connectivity index (χ1n) is 5.97. The summed E-state index contributed by atoms with van der Waals surface area (Å²) < 4.78 is 0. The van der Waals surface area contributed by atoms with E-state index >= 15 is 0 Å². The lowest BCUT2D eigenvalue weighted by molar-refractivity contribution is -0.119. The number of carbonyl (C=O) groups excluding carboxylic acids is 1. The zero-order chi connectivity index (χ0) is 14.0. The minimum atomic E-state index is -0.505. The number of fused-ring (bicyclic) bond motifs is 1. The predicted molar refractivity (Wildman–Crippen MR) is 76.0 cm³/mol. The highest BCUT2D eigenvalue weighted by molar-refractivity contribution is 6.28. The number of hydrogen-bond donors (Lipinski definition) is 2. The van der Waals surface area contributed by atoms with E-state index in [1.165, 1.54) is 0 Å². The molecule has 5 nitrogen and oxygen atoms in total. The second-order valence-electron chi connectivity index (χ2n) is 4.63. The van der Waals surface area contributed by atoms with Gasteiger partial charge in [-0.05, 0) is 29.7 Å². The number of nitrogens with one attached hydrogen (secondary N) is 1. The van der Waals surface area contributed by atoms with Crippen LogP contribution in [0.25, 0.3) is 10.9 Å². The highest BCUT2D eigenvalue weighted by Gasteiger charge is 2.21. The van der Waals surface area contributed by atoms with Gasteiger partial charge < -0.3 is 11.1 Å². The number of amides is 1. The molecule has 0 aliphatic rings. The largest absolute Gasteiger partial charge is 0.368 e. The van der Waals surface area contributed by atoms with Gasteiger partial charge in [-0.1, -0.05) is 26.0 Å². The topological polar surface area (TPSA) is 80.9 Å². The molecule has 2 rings (SSSR count). The number of carbonyl (C=O) groups is 1. The van der Waals surface area contributed by atoms with Gasteiger partial charge in [0.25, 0.3) is 0 Å². The molecule has 3 N–H and O–H groups in total. The molecule has 1 unspecified atom stereocenters. The molecule has 0 aliphatic carbocycles. The van der Waals surface area contributed by atoms with Gasteiger partial charge in [-0.2, -0.15) is 0 Å². The summed E-state index contributed by atoms with van der Waals surface area (Å²) in [5, 5.41) is 3.99. The van der Waals surface area contributed by atoms with Gasteiger partial charge in [-0.15, -0.1) is 0 Å². The fourth-order valence-corrected chi connectivity index (χ4v) is 2.05. The molecule has 0 aliphatic heterocycles. The monoisotopic (exact) mass is 278 g/mol. The lowest BCUT2D eigenvalue weighted by Crippen LogP contribution is -2.39. The molecule has 1 aromatic heterocycles. The lowest BCUT2D eigenvalue weighted by atomic mass is 10.0. The molecule has 0 saturated heterocycles. The van der Waals surface area contributed by atoms with Gasteiger partial charge in [0.15, 0.2) is 0 Å². The maximum atomic E-state index is 11.4. The smallest absolute Gasteiger partial charge is 0.240 e. The van der Waals surface area contributed by atoms with Crippen molar-refractivity contribution in [2.24, 2.45) is 11.7 Å². The van der Waals surface area contributed by atoms with Crippen LogP contribution in [-0.2, 0) is 4.79 Å². The Morgan fingerprint density at radius 2 is 2.00 bits per heavy atom. The zero-order valence-electron chi connectivity index (χ0n) is 10.7. The molecular weight excluding hydrogens is 264 g/mol. The molecule has 1 atom stereocenters. The van der Waals surface area contributed by atoms with Crippen LogP contribution in [0, 0.1) is 5.92 Å². The van der Waals surface area contributed by atoms with Crippen molar-refractivity contribution < 1.29 is 4.79 Å². The summed E-state index contributed by atoms with van der Waals surface area (Å²) in [6, 6.07) is 6.94. The Morgan fingerprint density at radius 1 is 1.32 bits per heavy atom. The third-order valence-corrected chi connectivity index (χ3v) is 3.01. The summed E-state index contributed by atoms with van der Waals surface area (Å²) in [5.41, 5.74) is 6.11. The number of nitrogens with two attached hydrogens (primary N) is 1. The van der Waals surface area contributed by atoms with Crippen LogP contribution in [0.4, 0.5) is 5.82 Å². The summed E-state index contributed by atoms with van der Waals surface area (Å²) in [4.78, 5) is 19.7. The van der Waals surface area contributed by atoms with Gasteiger partial charge in [0.2, 0.25) is 11.2 Å². The minimum absolute atomic E-state index is 0.0463. The van der Waals surface area contributed by atoms with Gasteiger partial charge in [0.1, 0.15) is 11.9 Å². The van der Waals surface area contributed by atoms with E-state index in [1.807, 2.05) is 38.1 Å². The maximum Gasteiger partial charge on any atom is 0.240 e. The molecule has 6 heteroatoms. The van der Waals surface area contributed by atoms with Crippen LogP contribution in [-0.4, -0.2) is 21.9 Å². The summed E-state index contributed by atoms with van der Waals surface area (Å²) in [7, 11) is 0. The number of anilines is 1. The molecular formula is C13H15ClN4O. The first-order valence-corrected chi connectivity index (χ1v) is 6.35. The van der Waals surface area contributed by atoms with Crippen LogP contribution in [0.15, 0.2) is 24.3 Å². The summed E-state index contributed by atoms with van der Waals surface area (Å²) in [6.07, 6.45) is 0. The van der Waals surface area contributed by atoms with Crippen molar-refractivity contribution in [2.75, 3.05) is 5.32 Å². The Bertz CT molecular complexity index is 615. The fraction of sp³-hybridized carbons (Fsp3) is 0.308. The molecule has 1 amide bonds. The standard InChI is InChI=1S/C13H15ClN4O/c1-7(2)10(11(15)19)17-12-8-5-3-4-6-9(8)16-13(14)18-12/h3-7,10H,1-2H3,(H2,15,19)(H,16,17,18). The van der Waals surface area contributed by atoms with Crippen molar-refractivity contribution in [3.63, 3.8) is 0 Å². The quantitative estimate of drug-likeness (QED) is 0.840. The van der Waals surface area contributed by atoms with E-state index in [2.05, 4.69) is 15.3 Å². The van der Waals surface area contributed by atoms with Crippen LogP contribution in [0.1, 0.15) is 13.8 Å². The predicted octanol–water partition coefficient (Wildman–Crippen LogP) is 2.20. The number of hydrogen-bond acceptors (Lipinski definition) is 4. The molecule has 2 aromatic rings. The number of benzene rings is 1. The first-order chi connectivity index (χ1) is 8.99. The van der Waals surface area contributed by atoms with Crippen LogP contribution < -0.4 is 11.1 Å². The van der Waals surface area contributed by atoms with Gasteiger partial charge in [0.05, 0.1) is 5.52 Å². The second kappa shape index (κ2) is 5.40. The maximum absolute atomic E-state index is 11.4. The Balaban J connectivity index is 2.47. The summed E-state index contributed by atoms with van der Waals surface area (Å²) in [5.74, 6) is 0.145. The number of nitrogens with zero attached hydrogens (tertiary/aromatic N) is 2. The average Bonchev–Trinajstić information content (AvgIpc) is 2.34. The Hall–Kier alpha value is -1.88. The van der Waals surface area contributed by atoms with Gasteiger partial charge in [-0.3, -0.25) is 4.79 Å². The Kier molecular flexibility index (Phi) is 3.85. The van der Waals surface area contributed by atoms with Gasteiger partial charge in [0, 0.05) is 5.39 Å². The number of aromatic nitrogens is 2. The highest BCUT2D eigenvalue weighted by Crippen LogP contribution is 2.23. The van der Waals surface area contributed by atoms with E-state index in [9.17, 15) is 4.79 Å². The fourth-order valence-electron chi connectivity index (χ4n) is 1.87. The normalized spacial score (nSPS) is 12.6. The van der Waals surface area contributed by atoms with Gasteiger partial charge in [-0.25, -0.2) is 9.97 Å². The summed E-state index contributed by atoms with van der Waals surface area (Å²) in [6.45, 7) is 3.82. The van der Waals surface area contributed by atoms with Crippen LogP contribution in [0.2, 0.25) is 5.28 Å². The Morgan fingerprint density at radius 3 is 2.63 bits per heavy atom. The molecule has 1 aromatic carbocycles. The third kappa shape index (κ3) is 2.93. The summed E-state index contributed by atoms with van der Waals surface area (Å²) >= 11 is 5.89. The van der Waals surface area contributed by atoms with Crippen molar-refractivity contribution >= 4 is 34.2 Å². The molecule has 0 bridgehead atoms. The molecule has 0 fully saturated rings. The average molecular weight is 279 g/mol. The highest BCUT2D eigenvalue weighted by atomic mass is 35.5. The molecule has 0 radical (unpaired) electrons. The minimum Gasteiger partial charge on any atom is -0.368 e. The van der Waals surface area contributed by atoms with Crippen LogP contribution in [0.3, 0.4) is 0 Å². The van der Waals surface area contributed by atoms with Crippen molar-refractivity contribution in [2.45, 2.75) is 19.9 Å².